The number of aliphatic hydroxyl groups is 1. The van der Waals surface area contributed by atoms with Crippen LogP contribution in [0.15, 0.2) is 5.38 Å². The number of unbranched alkanes of at least 4 members (excludes halogenated alkanes) is 1. The summed E-state index contributed by atoms with van der Waals surface area (Å²) in [6, 6.07) is -0.177. The van der Waals surface area contributed by atoms with E-state index in [0.717, 1.165) is 37.8 Å². The van der Waals surface area contributed by atoms with E-state index in [4.69, 9.17) is 0 Å². The number of nitrogens with zero attached hydrogens (tertiary/aromatic N) is 1. The molecule has 3 N–H and O–H groups in total. The van der Waals surface area contributed by atoms with E-state index in [-0.39, 0.29) is 12.6 Å². The van der Waals surface area contributed by atoms with Crippen LogP contribution in [0.25, 0.3) is 0 Å². The number of amides is 2. The minimum atomic E-state index is -0.470. The van der Waals surface area contributed by atoms with Crippen molar-refractivity contribution in [3.8, 4) is 0 Å². The van der Waals surface area contributed by atoms with Crippen LogP contribution in [0.3, 0.4) is 0 Å². The van der Waals surface area contributed by atoms with Crippen molar-refractivity contribution in [2.45, 2.75) is 51.5 Å². The van der Waals surface area contributed by atoms with Crippen LogP contribution in [0, 0.1) is 12.8 Å². The smallest absolute Gasteiger partial charge is 0.315 e. The highest BCUT2D eigenvalue weighted by molar-refractivity contribution is 7.09. The summed E-state index contributed by atoms with van der Waals surface area (Å²) < 4.78 is 0. The summed E-state index contributed by atoms with van der Waals surface area (Å²) in [5, 5.41) is 18.4. The topological polar surface area (TPSA) is 74.2 Å². The number of carbonyl (C=O) groups excluding carboxylic acids is 1. The molecule has 1 aromatic rings. The van der Waals surface area contributed by atoms with Gasteiger partial charge in [0, 0.05) is 17.6 Å². The number of hydrogen-bond acceptors (Lipinski definition) is 4. The number of nitrogens with one attached hydrogen (secondary N) is 2. The van der Waals surface area contributed by atoms with Crippen LogP contribution in [-0.2, 0) is 6.42 Å². The van der Waals surface area contributed by atoms with Crippen molar-refractivity contribution in [3.05, 3.63) is 16.1 Å². The van der Waals surface area contributed by atoms with Gasteiger partial charge in [-0.3, -0.25) is 0 Å². The van der Waals surface area contributed by atoms with Gasteiger partial charge >= 0.3 is 6.03 Å². The summed E-state index contributed by atoms with van der Waals surface area (Å²) in [6.07, 6.45) is 5.10. The van der Waals surface area contributed by atoms with Gasteiger partial charge in [-0.15, -0.1) is 11.3 Å². The molecule has 118 valence electrons. The zero-order valence-electron chi connectivity index (χ0n) is 12.8. The van der Waals surface area contributed by atoms with Crippen molar-refractivity contribution in [2.24, 2.45) is 5.92 Å². The average Bonchev–Trinajstić information content (AvgIpc) is 3.23. The highest BCUT2D eigenvalue weighted by Gasteiger charge is 2.42. The number of rotatable bonds is 8. The molecule has 1 aliphatic carbocycles. The third-order valence-electron chi connectivity index (χ3n) is 3.98. The molecule has 2 rings (SSSR count). The maximum atomic E-state index is 11.8. The molecule has 6 heteroatoms. The second-order valence-corrected chi connectivity index (χ2v) is 7.01. The van der Waals surface area contributed by atoms with Gasteiger partial charge in [0.2, 0.25) is 0 Å². The second kappa shape index (κ2) is 7.22. The van der Waals surface area contributed by atoms with E-state index in [1.54, 1.807) is 11.3 Å². The zero-order chi connectivity index (χ0) is 15.3. The molecule has 0 bridgehead atoms. The molecule has 1 aromatic heterocycles. The third kappa shape index (κ3) is 4.97. The Morgan fingerprint density at radius 3 is 2.86 bits per heavy atom. The molecule has 1 aliphatic rings. The first-order valence-electron chi connectivity index (χ1n) is 7.61. The van der Waals surface area contributed by atoms with E-state index in [9.17, 15) is 9.90 Å². The number of aliphatic hydroxyl groups excluding tert-OH is 1. The Kier molecular flexibility index (Phi) is 5.58. The number of hydrogen-bond donors (Lipinski definition) is 3. The van der Waals surface area contributed by atoms with Gasteiger partial charge in [-0.1, -0.05) is 0 Å². The van der Waals surface area contributed by atoms with Gasteiger partial charge in [0.15, 0.2) is 0 Å². The Labute approximate surface area is 130 Å². The van der Waals surface area contributed by atoms with Gasteiger partial charge in [-0.2, -0.15) is 0 Å². The summed E-state index contributed by atoms with van der Waals surface area (Å²) in [5.41, 5.74) is 0.610. The molecular formula is C15H25N3O2S. The van der Waals surface area contributed by atoms with E-state index in [0.29, 0.717) is 12.5 Å². The first kappa shape index (κ1) is 16.2. The lowest BCUT2D eigenvalue weighted by Crippen LogP contribution is -2.54. The summed E-state index contributed by atoms with van der Waals surface area (Å²) in [7, 11) is 0. The Bertz CT molecular complexity index is 473. The number of aryl methyl sites for hydroxylation is 2. The van der Waals surface area contributed by atoms with Gasteiger partial charge < -0.3 is 15.7 Å². The molecule has 1 atom stereocenters. The second-order valence-electron chi connectivity index (χ2n) is 6.07. The molecule has 1 fully saturated rings. The van der Waals surface area contributed by atoms with Crippen LogP contribution in [-0.4, -0.2) is 34.8 Å². The van der Waals surface area contributed by atoms with E-state index in [2.05, 4.69) is 21.0 Å². The van der Waals surface area contributed by atoms with Crippen molar-refractivity contribution in [2.75, 3.05) is 13.2 Å². The van der Waals surface area contributed by atoms with E-state index >= 15 is 0 Å². The number of thiazole rings is 1. The fourth-order valence-corrected chi connectivity index (χ4v) is 3.23. The summed E-state index contributed by atoms with van der Waals surface area (Å²) in [6.45, 7) is 4.57. The molecule has 2 amide bonds. The molecule has 0 radical (unpaired) electrons. The Morgan fingerprint density at radius 2 is 2.29 bits per heavy atom. The van der Waals surface area contributed by atoms with Crippen LogP contribution in [0.5, 0.6) is 0 Å². The maximum Gasteiger partial charge on any atom is 0.315 e. The Balaban J connectivity index is 1.58. The lowest BCUT2D eigenvalue weighted by atomic mass is 9.97. The summed E-state index contributed by atoms with van der Waals surface area (Å²) >= 11 is 1.70. The van der Waals surface area contributed by atoms with E-state index < -0.39 is 5.54 Å². The maximum absolute atomic E-state index is 11.8. The standard InChI is InChI=1S/C15H25N3O2S/c1-11-9-21-13(17-11)5-3-4-8-16-14(20)18-15(2,10-19)12-6-7-12/h9,12,19H,3-8,10H2,1-2H3,(H2,16,18,20). The van der Waals surface area contributed by atoms with Crippen LogP contribution >= 0.6 is 11.3 Å². The molecule has 0 aliphatic heterocycles. The van der Waals surface area contributed by atoms with E-state index in [1.807, 2.05) is 13.8 Å². The Morgan fingerprint density at radius 1 is 1.52 bits per heavy atom. The minimum absolute atomic E-state index is 0.00547. The monoisotopic (exact) mass is 311 g/mol. The van der Waals surface area contributed by atoms with Gasteiger partial charge in [-0.25, -0.2) is 9.78 Å². The SMILES string of the molecule is Cc1csc(CCCCNC(=O)NC(C)(CO)C2CC2)n1. The van der Waals surface area contributed by atoms with Crippen molar-refractivity contribution < 1.29 is 9.90 Å². The molecule has 21 heavy (non-hydrogen) atoms. The van der Waals surface area contributed by atoms with Crippen molar-refractivity contribution in [1.82, 2.24) is 15.6 Å². The molecule has 0 aromatic carbocycles. The van der Waals surface area contributed by atoms with Gasteiger partial charge in [0.05, 0.1) is 17.2 Å². The molecule has 0 spiro atoms. The predicted octanol–water partition coefficient (Wildman–Crippen LogP) is 2.23. The average molecular weight is 311 g/mol. The summed E-state index contributed by atoms with van der Waals surface area (Å²) in [5.74, 6) is 0.418. The van der Waals surface area contributed by atoms with Crippen LogP contribution in [0.2, 0.25) is 0 Å². The van der Waals surface area contributed by atoms with Gasteiger partial charge in [0.25, 0.3) is 0 Å². The van der Waals surface area contributed by atoms with Gasteiger partial charge in [0.1, 0.15) is 0 Å². The molecule has 0 saturated heterocycles. The number of urea groups is 1. The first-order chi connectivity index (χ1) is 10.0. The minimum Gasteiger partial charge on any atom is -0.394 e. The van der Waals surface area contributed by atoms with Crippen LogP contribution < -0.4 is 10.6 Å². The van der Waals surface area contributed by atoms with Crippen molar-refractivity contribution >= 4 is 17.4 Å². The van der Waals surface area contributed by atoms with E-state index in [1.165, 1.54) is 5.01 Å². The summed E-state index contributed by atoms with van der Waals surface area (Å²) in [4.78, 5) is 16.3. The molecule has 1 unspecified atom stereocenters. The van der Waals surface area contributed by atoms with Crippen molar-refractivity contribution in [1.29, 1.82) is 0 Å². The van der Waals surface area contributed by atoms with Gasteiger partial charge in [-0.05, 0) is 51.9 Å². The third-order valence-corrected chi connectivity index (χ3v) is 5.00. The normalized spacial score (nSPS) is 17.3. The molecular weight excluding hydrogens is 286 g/mol. The Hall–Kier alpha value is -1.14. The number of aromatic nitrogens is 1. The fraction of sp³-hybridized carbons (Fsp3) is 0.733. The lowest BCUT2D eigenvalue weighted by molar-refractivity contribution is 0.155. The highest BCUT2D eigenvalue weighted by Crippen LogP contribution is 2.39. The highest BCUT2D eigenvalue weighted by atomic mass is 32.1. The molecule has 1 saturated carbocycles. The van der Waals surface area contributed by atoms with Crippen LogP contribution in [0.1, 0.15) is 43.3 Å². The first-order valence-corrected chi connectivity index (χ1v) is 8.49. The zero-order valence-corrected chi connectivity index (χ0v) is 13.6. The largest absolute Gasteiger partial charge is 0.394 e. The predicted molar refractivity (Wildman–Crippen MR) is 84.5 cm³/mol. The van der Waals surface area contributed by atoms with Crippen LogP contribution in [0.4, 0.5) is 4.79 Å². The molecule has 5 nitrogen and oxygen atoms in total. The number of carbonyl (C=O) groups is 1. The van der Waals surface area contributed by atoms with Crippen molar-refractivity contribution in [3.63, 3.8) is 0 Å². The fourth-order valence-electron chi connectivity index (χ4n) is 2.42. The lowest BCUT2D eigenvalue weighted by Gasteiger charge is -2.28. The quantitative estimate of drug-likeness (QED) is 0.645. The molecule has 1 heterocycles.